The SMILES string of the molecule is Clc1ccc2c(c1)C(c1ccc(-c3ccccc3)cc1)c1ccc3cccnc3c1C2c1ccc(-c2ccccc2)cc1. The Kier molecular flexibility index (Phi) is 6.39. The molecule has 1 aromatic heterocycles. The van der Waals surface area contributed by atoms with Gasteiger partial charge in [-0.25, -0.2) is 0 Å². The molecule has 0 fully saturated rings. The van der Waals surface area contributed by atoms with Crippen LogP contribution in [0.3, 0.4) is 0 Å². The van der Waals surface area contributed by atoms with Crippen LogP contribution in [0.15, 0.2) is 158 Å². The standard InChI is InChI=1S/C41H28ClN/c42-34-22-24-35-37(26-34)38(31-17-13-29(14-18-31)27-8-3-1-4-9-27)36-23-21-33-12-7-25-43-41(33)40(36)39(35)32-19-15-30(16-20-32)28-10-5-2-6-11-28/h1-26,38-39H. The van der Waals surface area contributed by atoms with E-state index in [0.29, 0.717) is 0 Å². The lowest BCUT2D eigenvalue weighted by atomic mass is 9.67. The van der Waals surface area contributed by atoms with Gasteiger partial charge < -0.3 is 0 Å². The molecular formula is C41H28ClN. The van der Waals surface area contributed by atoms with Crippen molar-refractivity contribution in [3.63, 3.8) is 0 Å². The summed E-state index contributed by atoms with van der Waals surface area (Å²) in [5.74, 6) is 0.0744. The van der Waals surface area contributed by atoms with Gasteiger partial charge in [-0.05, 0) is 73.8 Å². The maximum Gasteiger partial charge on any atom is 0.0746 e. The van der Waals surface area contributed by atoms with Crippen LogP contribution in [0.25, 0.3) is 33.2 Å². The van der Waals surface area contributed by atoms with Crippen molar-refractivity contribution >= 4 is 22.5 Å². The predicted molar refractivity (Wildman–Crippen MR) is 179 cm³/mol. The second kappa shape index (κ2) is 10.7. The number of rotatable bonds is 4. The van der Waals surface area contributed by atoms with Crippen molar-refractivity contribution in [2.24, 2.45) is 0 Å². The highest BCUT2D eigenvalue weighted by atomic mass is 35.5. The van der Waals surface area contributed by atoms with Crippen molar-refractivity contribution < 1.29 is 0 Å². The van der Waals surface area contributed by atoms with Crippen LogP contribution in [0.4, 0.5) is 0 Å². The molecule has 7 aromatic rings. The molecule has 0 aliphatic heterocycles. The Labute approximate surface area is 257 Å². The molecule has 0 saturated carbocycles. The van der Waals surface area contributed by atoms with E-state index in [2.05, 4.69) is 140 Å². The summed E-state index contributed by atoms with van der Waals surface area (Å²) < 4.78 is 0. The highest BCUT2D eigenvalue weighted by Gasteiger charge is 2.36. The van der Waals surface area contributed by atoms with Gasteiger partial charge in [-0.15, -0.1) is 0 Å². The second-order valence-electron chi connectivity index (χ2n) is 11.3. The first-order valence-electron chi connectivity index (χ1n) is 14.7. The first kappa shape index (κ1) is 25.7. The Morgan fingerprint density at radius 1 is 0.442 bits per heavy atom. The molecule has 1 aliphatic carbocycles. The Morgan fingerprint density at radius 3 is 1.63 bits per heavy atom. The van der Waals surface area contributed by atoms with Gasteiger partial charge in [0.2, 0.25) is 0 Å². The fourth-order valence-electron chi connectivity index (χ4n) is 6.82. The fourth-order valence-corrected chi connectivity index (χ4v) is 7.00. The van der Waals surface area contributed by atoms with Gasteiger partial charge in [-0.3, -0.25) is 4.98 Å². The molecule has 6 aromatic carbocycles. The molecule has 1 nitrogen and oxygen atoms in total. The van der Waals surface area contributed by atoms with Crippen molar-refractivity contribution in [3.8, 4) is 22.3 Å². The fraction of sp³-hybridized carbons (Fsp3) is 0.0488. The number of aromatic nitrogens is 1. The Bertz CT molecular complexity index is 2060. The minimum absolute atomic E-state index is 0.0329. The van der Waals surface area contributed by atoms with Gasteiger partial charge in [-0.2, -0.15) is 0 Å². The van der Waals surface area contributed by atoms with Crippen molar-refractivity contribution in [1.82, 2.24) is 4.98 Å². The summed E-state index contributed by atoms with van der Waals surface area (Å²) in [5, 5.41) is 1.91. The van der Waals surface area contributed by atoms with E-state index in [-0.39, 0.29) is 11.8 Å². The Balaban J connectivity index is 1.33. The summed E-state index contributed by atoms with van der Waals surface area (Å²) in [6, 6.07) is 54.3. The van der Waals surface area contributed by atoms with Crippen LogP contribution >= 0.6 is 11.6 Å². The van der Waals surface area contributed by atoms with E-state index in [0.717, 1.165) is 15.9 Å². The van der Waals surface area contributed by atoms with Crippen LogP contribution in [-0.2, 0) is 0 Å². The topological polar surface area (TPSA) is 12.9 Å². The zero-order chi connectivity index (χ0) is 28.8. The van der Waals surface area contributed by atoms with E-state index in [1.807, 2.05) is 18.3 Å². The van der Waals surface area contributed by atoms with E-state index in [9.17, 15) is 0 Å². The van der Waals surface area contributed by atoms with E-state index in [4.69, 9.17) is 16.6 Å². The van der Waals surface area contributed by atoms with Crippen LogP contribution < -0.4 is 0 Å². The summed E-state index contributed by atoms with van der Waals surface area (Å²) in [4.78, 5) is 4.98. The zero-order valence-corrected chi connectivity index (χ0v) is 24.2. The molecule has 0 saturated heterocycles. The normalized spacial score (nSPS) is 15.6. The van der Waals surface area contributed by atoms with Gasteiger partial charge in [0.25, 0.3) is 0 Å². The molecule has 1 heterocycles. The van der Waals surface area contributed by atoms with Crippen molar-refractivity contribution in [1.29, 1.82) is 0 Å². The molecular weight excluding hydrogens is 542 g/mol. The first-order valence-corrected chi connectivity index (χ1v) is 15.1. The van der Waals surface area contributed by atoms with Crippen LogP contribution in [0.2, 0.25) is 5.02 Å². The van der Waals surface area contributed by atoms with Gasteiger partial charge in [-0.1, -0.05) is 145 Å². The highest BCUT2D eigenvalue weighted by molar-refractivity contribution is 6.30. The van der Waals surface area contributed by atoms with Crippen LogP contribution in [0.1, 0.15) is 45.2 Å². The monoisotopic (exact) mass is 569 g/mol. The van der Waals surface area contributed by atoms with E-state index in [1.165, 1.54) is 55.6 Å². The predicted octanol–water partition coefficient (Wildman–Crippen LogP) is 10.9. The van der Waals surface area contributed by atoms with Crippen molar-refractivity contribution in [3.05, 3.63) is 196 Å². The maximum atomic E-state index is 6.73. The van der Waals surface area contributed by atoms with Crippen LogP contribution in [0.5, 0.6) is 0 Å². The molecule has 2 heteroatoms. The maximum absolute atomic E-state index is 6.73. The average Bonchev–Trinajstić information content (AvgIpc) is 3.08. The molecule has 0 radical (unpaired) electrons. The Morgan fingerprint density at radius 2 is 1.00 bits per heavy atom. The zero-order valence-electron chi connectivity index (χ0n) is 23.5. The van der Waals surface area contributed by atoms with Crippen molar-refractivity contribution in [2.75, 3.05) is 0 Å². The summed E-state index contributed by atoms with van der Waals surface area (Å²) in [7, 11) is 0. The highest BCUT2D eigenvalue weighted by Crippen LogP contribution is 2.51. The molecule has 43 heavy (non-hydrogen) atoms. The van der Waals surface area contributed by atoms with Gasteiger partial charge in [0.15, 0.2) is 0 Å². The van der Waals surface area contributed by atoms with E-state index >= 15 is 0 Å². The summed E-state index contributed by atoms with van der Waals surface area (Å²) in [6.45, 7) is 0. The number of fused-ring (bicyclic) bond motifs is 4. The minimum atomic E-state index is 0.0329. The number of pyridine rings is 1. The van der Waals surface area contributed by atoms with Gasteiger partial charge in [0.05, 0.1) is 5.52 Å². The molecule has 2 unspecified atom stereocenters. The molecule has 0 spiro atoms. The van der Waals surface area contributed by atoms with Crippen molar-refractivity contribution in [2.45, 2.75) is 11.8 Å². The molecule has 2 atom stereocenters. The average molecular weight is 570 g/mol. The summed E-state index contributed by atoms with van der Waals surface area (Å²) in [6.07, 6.45) is 1.92. The lowest BCUT2D eigenvalue weighted by molar-refractivity contribution is 0.827. The quantitative estimate of drug-likeness (QED) is 0.205. The molecule has 1 aliphatic rings. The third kappa shape index (κ3) is 4.54. The summed E-state index contributed by atoms with van der Waals surface area (Å²) in [5.41, 5.74) is 13.5. The molecule has 0 bridgehead atoms. The molecule has 0 amide bonds. The second-order valence-corrected chi connectivity index (χ2v) is 11.7. The number of halogens is 1. The lowest BCUT2D eigenvalue weighted by Crippen LogP contribution is -2.21. The third-order valence-corrected chi connectivity index (χ3v) is 9.06. The van der Waals surface area contributed by atoms with Crippen LogP contribution in [-0.4, -0.2) is 4.98 Å². The van der Waals surface area contributed by atoms with Gasteiger partial charge in [0.1, 0.15) is 0 Å². The number of benzene rings is 6. The first-order chi connectivity index (χ1) is 21.2. The Hall–Kier alpha value is -4.98. The minimum Gasteiger partial charge on any atom is -0.256 e. The van der Waals surface area contributed by atoms with Gasteiger partial charge >= 0.3 is 0 Å². The van der Waals surface area contributed by atoms with Crippen LogP contribution in [0, 0.1) is 0 Å². The molecule has 0 N–H and O–H groups in total. The number of hydrogen-bond acceptors (Lipinski definition) is 1. The molecule has 204 valence electrons. The smallest absolute Gasteiger partial charge is 0.0746 e. The number of hydrogen-bond donors (Lipinski definition) is 0. The number of nitrogens with zero attached hydrogens (tertiary/aromatic N) is 1. The van der Waals surface area contributed by atoms with E-state index in [1.54, 1.807) is 0 Å². The molecule has 8 rings (SSSR count). The van der Waals surface area contributed by atoms with Gasteiger partial charge in [0, 0.05) is 28.4 Å². The largest absolute Gasteiger partial charge is 0.256 e. The summed E-state index contributed by atoms with van der Waals surface area (Å²) >= 11 is 6.73. The van der Waals surface area contributed by atoms with E-state index < -0.39 is 0 Å². The lowest BCUT2D eigenvalue weighted by Gasteiger charge is -2.36. The third-order valence-electron chi connectivity index (χ3n) is 8.82.